The van der Waals surface area contributed by atoms with Crippen LogP contribution in [0.3, 0.4) is 0 Å². The van der Waals surface area contributed by atoms with Gasteiger partial charge in [0.1, 0.15) is 5.39 Å². The first-order valence-corrected chi connectivity index (χ1v) is 11.9. The average Bonchev–Trinajstić information content (AvgIpc) is 3.48. The third kappa shape index (κ3) is 4.43. The molecule has 1 amide bonds. The number of nitrogens with zero attached hydrogens (tertiary/aromatic N) is 4. The van der Waals surface area contributed by atoms with E-state index in [4.69, 9.17) is 0 Å². The Bertz CT molecular complexity index is 1480. The van der Waals surface area contributed by atoms with Gasteiger partial charge in [-0.1, -0.05) is 60.3 Å². The van der Waals surface area contributed by atoms with Gasteiger partial charge in [-0.05, 0) is 19.1 Å². The Morgan fingerprint density at radius 1 is 1.09 bits per heavy atom. The van der Waals surface area contributed by atoms with Crippen molar-refractivity contribution in [1.29, 1.82) is 0 Å². The number of para-hydroxylation sites is 1. The molecule has 0 fully saturated rings. The zero-order valence-electron chi connectivity index (χ0n) is 17.4. The maximum absolute atomic E-state index is 12.7. The fourth-order valence-corrected chi connectivity index (χ4v) is 4.73. The maximum atomic E-state index is 12.7. The van der Waals surface area contributed by atoms with Crippen LogP contribution in [-0.4, -0.2) is 35.9 Å². The van der Waals surface area contributed by atoms with Crippen molar-refractivity contribution in [2.24, 2.45) is 0 Å². The van der Waals surface area contributed by atoms with Gasteiger partial charge in [0.25, 0.3) is 5.56 Å². The molecule has 10 heteroatoms. The minimum absolute atomic E-state index is 0.228. The molecule has 0 spiro atoms. The molecule has 164 valence electrons. The summed E-state index contributed by atoms with van der Waals surface area (Å²) in [6.45, 7) is 1.75. The summed E-state index contributed by atoms with van der Waals surface area (Å²) < 4.78 is 1.61. The molecular weight excluding hydrogens is 456 g/mol. The van der Waals surface area contributed by atoms with Gasteiger partial charge >= 0.3 is 0 Å². The molecule has 0 aliphatic rings. The predicted molar refractivity (Wildman–Crippen MR) is 131 cm³/mol. The fraction of sp³-hybridized carbons (Fsp3) is 0.0870. The molecule has 1 unspecified atom stereocenters. The lowest BCUT2D eigenvalue weighted by Gasteiger charge is -2.10. The molecule has 33 heavy (non-hydrogen) atoms. The van der Waals surface area contributed by atoms with Crippen molar-refractivity contribution in [3.05, 3.63) is 82.6 Å². The highest BCUT2D eigenvalue weighted by molar-refractivity contribution is 8.00. The van der Waals surface area contributed by atoms with Gasteiger partial charge in [0.2, 0.25) is 5.91 Å². The van der Waals surface area contributed by atoms with Gasteiger partial charge in [0.05, 0.1) is 22.8 Å². The second kappa shape index (κ2) is 9.00. The van der Waals surface area contributed by atoms with Crippen LogP contribution in [0.5, 0.6) is 0 Å². The number of thiazole rings is 1. The number of rotatable bonds is 6. The first kappa shape index (κ1) is 21.1. The van der Waals surface area contributed by atoms with Crippen molar-refractivity contribution in [3.63, 3.8) is 0 Å². The number of fused-ring (bicyclic) bond motifs is 1. The number of hydrogen-bond donors (Lipinski definition) is 2. The number of carbonyl (C=O) groups excluding carboxylic acids is 1. The minimum atomic E-state index is -0.511. The number of H-pyrrole nitrogens is 1. The maximum Gasteiger partial charge on any atom is 0.262 e. The molecule has 3 heterocycles. The highest BCUT2D eigenvalue weighted by Gasteiger charge is 2.19. The molecule has 0 saturated carbocycles. The van der Waals surface area contributed by atoms with Crippen LogP contribution in [-0.2, 0) is 4.79 Å². The Labute approximate surface area is 196 Å². The number of amides is 1. The molecule has 5 aromatic rings. The van der Waals surface area contributed by atoms with E-state index in [1.165, 1.54) is 29.3 Å². The normalized spacial score (nSPS) is 12.0. The lowest BCUT2D eigenvalue weighted by atomic mass is 10.2. The molecule has 5 rings (SSSR count). The predicted octanol–water partition coefficient (Wildman–Crippen LogP) is 4.35. The van der Waals surface area contributed by atoms with Crippen LogP contribution >= 0.6 is 23.1 Å². The second-order valence-corrected chi connectivity index (χ2v) is 9.34. The van der Waals surface area contributed by atoms with Crippen LogP contribution in [0.2, 0.25) is 0 Å². The summed E-state index contributed by atoms with van der Waals surface area (Å²) in [6.07, 6.45) is 1.49. The van der Waals surface area contributed by atoms with E-state index < -0.39 is 5.25 Å². The van der Waals surface area contributed by atoms with E-state index in [0.29, 0.717) is 21.3 Å². The summed E-state index contributed by atoms with van der Waals surface area (Å²) in [5.74, 6) is -0.228. The molecule has 0 aliphatic heterocycles. The van der Waals surface area contributed by atoms with Crippen LogP contribution < -0.4 is 10.9 Å². The largest absolute Gasteiger partial charge is 0.301 e. The van der Waals surface area contributed by atoms with E-state index in [-0.39, 0.29) is 11.5 Å². The Kier molecular flexibility index (Phi) is 5.76. The van der Waals surface area contributed by atoms with E-state index in [2.05, 4.69) is 25.4 Å². The van der Waals surface area contributed by atoms with Crippen molar-refractivity contribution >= 4 is 45.2 Å². The molecule has 8 nitrogen and oxygen atoms in total. The molecule has 1 atom stereocenters. The third-order valence-corrected chi connectivity index (χ3v) is 6.62. The summed E-state index contributed by atoms with van der Waals surface area (Å²) in [5, 5.41) is 9.79. The molecule has 2 aromatic carbocycles. The van der Waals surface area contributed by atoms with Gasteiger partial charge in [0.15, 0.2) is 15.9 Å². The Morgan fingerprint density at radius 2 is 1.82 bits per heavy atom. The van der Waals surface area contributed by atoms with Gasteiger partial charge in [-0.25, -0.2) is 14.6 Å². The Morgan fingerprint density at radius 3 is 2.58 bits per heavy atom. The van der Waals surface area contributed by atoms with E-state index >= 15 is 0 Å². The van der Waals surface area contributed by atoms with Crippen LogP contribution in [0.15, 0.2) is 82.2 Å². The summed E-state index contributed by atoms with van der Waals surface area (Å²) in [7, 11) is 0. The van der Waals surface area contributed by atoms with Crippen LogP contribution in [0, 0.1) is 0 Å². The highest BCUT2D eigenvalue weighted by Crippen LogP contribution is 2.26. The number of hydrogen-bond acceptors (Lipinski definition) is 7. The molecule has 2 N–H and O–H groups in total. The molecule has 0 aliphatic carbocycles. The monoisotopic (exact) mass is 474 g/mol. The van der Waals surface area contributed by atoms with Gasteiger partial charge in [-0.3, -0.25) is 9.59 Å². The van der Waals surface area contributed by atoms with Gasteiger partial charge in [-0.2, -0.15) is 5.10 Å². The number of aromatic amines is 1. The third-order valence-electron chi connectivity index (χ3n) is 4.88. The topological polar surface area (TPSA) is 106 Å². The smallest absolute Gasteiger partial charge is 0.262 e. The molecular formula is C23H18N6O2S2. The van der Waals surface area contributed by atoms with Crippen LogP contribution in [0.1, 0.15) is 6.92 Å². The Hall–Kier alpha value is -3.76. The number of thioether (sulfide) groups is 1. The summed E-state index contributed by atoms with van der Waals surface area (Å²) in [5.41, 5.74) is 2.73. The zero-order chi connectivity index (χ0) is 22.8. The number of nitrogens with one attached hydrogen (secondary N) is 2. The average molecular weight is 475 g/mol. The lowest BCUT2D eigenvalue weighted by Crippen LogP contribution is -2.23. The van der Waals surface area contributed by atoms with Gasteiger partial charge < -0.3 is 10.3 Å². The number of aromatic nitrogens is 5. The van der Waals surface area contributed by atoms with Gasteiger partial charge in [-0.15, -0.1) is 11.3 Å². The molecule has 0 bridgehead atoms. The van der Waals surface area contributed by atoms with Crippen molar-refractivity contribution < 1.29 is 4.79 Å². The zero-order valence-corrected chi connectivity index (χ0v) is 19.1. The number of benzene rings is 2. The van der Waals surface area contributed by atoms with Crippen molar-refractivity contribution in [1.82, 2.24) is 24.7 Å². The number of carbonyl (C=O) groups is 1. The molecule has 3 aromatic heterocycles. The van der Waals surface area contributed by atoms with Crippen molar-refractivity contribution in [2.75, 3.05) is 5.32 Å². The van der Waals surface area contributed by atoms with Crippen LogP contribution in [0.25, 0.3) is 28.0 Å². The Balaban J connectivity index is 1.34. The van der Waals surface area contributed by atoms with Crippen molar-refractivity contribution in [3.8, 4) is 16.9 Å². The van der Waals surface area contributed by atoms with Gasteiger partial charge in [0, 0.05) is 10.9 Å². The van der Waals surface area contributed by atoms with E-state index in [0.717, 1.165) is 16.9 Å². The van der Waals surface area contributed by atoms with E-state index in [1.54, 1.807) is 11.6 Å². The summed E-state index contributed by atoms with van der Waals surface area (Å²) in [4.78, 5) is 37.1. The highest BCUT2D eigenvalue weighted by atomic mass is 32.2. The fourth-order valence-electron chi connectivity index (χ4n) is 3.21. The SMILES string of the molecule is CC(Sc1nc2c(cnn2-c2ccccc2)c(=O)[nH]1)C(=O)Nc1nc(-c2ccccc2)cs1. The minimum Gasteiger partial charge on any atom is -0.301 e. The standard InChI is InChI=1S/C23H18N6O2S2/c1-14(20(30)27-22-25-18(13-32-22)15-8-4-2-5-9-15)33-23-26-19-17(21(31)28-23)12-24-29(19)16-10-6-3-7-11-16/h2-14H,1H3,(H,25,27,30)(H,26,28,31). The number of anilines is 1. The molecule has 0 saturated heterocycles. The van der Waals surface area contributed by atoms with E-state index in [1.807, 2.05) is 66.0 Å². The summed E-state index contributed by atoms with van der Waals surface area (Å²) >= 11 is 2.53. The first-order valence-electron chi connectivity index (χ1n) is 10.1. The van der Waals surface area contributed by atoms with E-state index in [9.17, 15) is 9.59 Å². The summed E-state index contributed by atoms with van der Waals surface area (Å²) in [6, 6.07) is 19.2. The van der Waals surface area contributed by atoms with Crippen LogP contribution in [0.4, 0.5) is 5.13 Å². The first-order chi connectivity index (χ1) is 16.1. The second-order valence-electron chi connectivity index (χ2n) is 7.15. The van der Waals surface area contributed by atoms with Crippen molar-refractivity contribution in [2.45, 2.75) is 17.3 Å². The quantitative estimate of drug-likeness (QED) is 0.280. The lowest BCUT2D eigenvalue weighted by molar-refractivity contribution is -0.115. The molecule has 0 radical (unpaired) electrons.